The fraction of sp³-hybridized carbons (Fsp3) is 0.571. The number of benzene rings is 1. The van der Waals surface area contributed by atoms with E-state index in [0.29, 0.717) is 17.9 Å². The number of rotatable bonds is 7. The molecule has 0 amide bonds. The standard InChI is InChI=1S/C14H22N2O2S/c1-2-9-19(17,18)13-5-3-12(4-6-13)16-11-14(10-15)7-8-14/h3-6,16H,2,7-11,15H2,1H3. The summed E-state index contributed by atoms with van der Waals surface area (Å²) in [6.45, 7) is 3.45. The lowest BCUT2D eigenvalue weighted by Crippen LogP contribution is -2.24. The van der Waals surface area contributed by atoms with E-state index in [1.165, 1.54) is 12.8 Å². The normalized spacial score (nSPS) is 17.2. The SMILES string of the molecule is CCCS(=O)(=O)c1ccc(NCC2(CN)CC2)cc1. The summed E-state index contributed by atoms with van der Waals surface area (Å²) in [5.41, 5.74) is 6.95. The Morgan fingerprint density at radius 3 is 2.37 bits per heavy atom. The molecule has 4 nitrogen and oxygen atoms in total. The van der Waals surface area contributed by atoms with Gasteiger partial charge >= 0.3 is 0 Å². The molecular weight excluding hydrogens is 260 g/mol. The van der Waals surface area contributed by atoms with Crippen molar-refractivity contribution in [2.45, 2.75) is 31.1 Å². The summed E-state index contributed by atoms with van der Waals surface area (Å²) in [4.78, 5) is 0.403. The van der Waals surface area contributed by atoms with Crippen molar-refractivity contribution < 1.29 is 8.42 Å². The third-order valence-corrected chi connectivity index (χ3v) is 5.68. The molecule has 1 aromatic rings. The molecule has 19 heavy (non-hydrogen) atoms. The first-order valence-corrected chi connectivity index (χ1v) is 8.43. The molecule has 106 valence electrons. The fourth-order valence-corrected chi connectivity index (χ4v) is 3.41. The number of hydrogen-bond donors (Lipinski definition) is 2. The molecule has 1 saturated carbocycles. The van der Waals surface area contributed by atoms with E-state index in [9.17, 15) is 8.42 Å². The van der Waals surface area contributed by atoms with Gasteiger partial charge in [0.1, 0.15) is 0 Å². The molecule has 0 atom stereocenters. The molecule has 0 radical (unpaired) electrons. The lowest BCUT2D eigenvalue weighted by molar-refractivity contribution is 0.556. The van der Waals surface area contributed by atoms with Gasteiger partial charge in [-0.2, -0.15) is 0 Å². The second-order valence-electron chi connectivity index (χ2n) is 5.40. The lowest BCUT2D eigenvalue weighted by Gasteiger charge is -2.14. The molecule has 0 bridgehead atoms. The quantitative estimate of drug-likeness (QED) is 0.802. The zero-order valence-electron chi connectivity index (χ0n) is 11.4. The molecule has 0 spiro atoms. The van der Waals surface area contributed by atoms with Crippen molar-refractivity contribution in [3.05, 3.63) is 24.3 Å². The second-order valence-corrected chi connectivity index (χ2v) is 7.51. The van der Waals surface area contributed by atoms with E-state index in [0.717, 1.165) is 12.2 Å². The number of sulfone groups is 1. The maximum atomic E-state index is 11.9. The van der Waals surface area contributed by atoms with Gasteiger partial charge in [-0.05, 0) is 55.5 Å². The van der Waals surface area contributed by atoms with Gasteiger partial charge < -0.3 is 11.1 Å². The summed E-state index contributed by atoms with van der Waals surface area (Å²) in [6.07, 6.45) is 3.00. The fourth-order valence-electron chi connectivity index (χ4n) is 2.09. The minimum absolute atomic E-state index is 0.204. The van der Waals surface area contributed by atoms with Crippen LogP contribution in [0.15, 0.2) is 29.2 Å². The van der Waals surface area contributed by atoms with Crippen LogP contribution in [0.1, 0.15) is 26.2 Å². The van der Waals surface area contributed by atoms with Crippen LogP contribution in [-0.2, 0) is 9.84 Å². The van der Waals surface area contributed by atoms with Crippen LogP contribution in [0.4, 0.5) is 5.69 Å². The third kappa shape index (κ3) is 3.48. The summed E-state index contributed by atoms with van der Waals surface area (Å²) in [6, 6.07) is 7.01. The van der Waals surface area contributed by atoms with Crippen LogP contribution in [0.3, 0.4) is 0 Å². The van der Waals surface area contributed by atoms with E-state index in [4.69, 9.17) is 5.73 Å². The van der Waals surface area contributed by atoms with Crippen LogP contribution in [0, 0.1) is 5.41 Å². The highest BCUT2D eigenvalue weighted by Gasteiger charge is 2.40. The molecule has 1 aromatic carbocycles. The zero-order chi connectivity index (χ0) is 13.9. The molecule has 1 fully saturated rings. The molecule has 3 N–H and O–H groups in total. The number of nitrogens with two attached hydrogens (primary N) is 1. The summed E-state index contributed by atoms with van der Waals surface area (Å²) >= 11 is 0. The average molecular weight is 282 g/mol. The topological polar surface area (TPSA) is 72.2 Å². The van der Waals surface area contributed by atoms with E-state index >= 15 is 0 Å². The molecule has 0 saturated heterocycles. The Kier molecular flexibility index (Phi) is 4.16. The maximum absolute atomic E-state index is 11.9. The molecule has 5 heteroatoms. The Balaban J connectivity index is 1.99. The molecule has 1 aliphatic carbocycles. The summed E-state index contributed by atoms with van der Waals surface area (Å²) in [5.74, 6) is 0.204. The first kappa shape index (κ1) is 14.3. The smallest absolute Gasteiger partial charge is 0.178 e. The first-order chi connectivity index (χ1) is 9.01. The van der Waals surface area contributed by atoms with E-state index < -0.39 is 9.84 Å². The van der Waals surface area contributed by atoms with E-state index in [1.807, 2.05) is 19.1 Å². The molecule has 0 aliphatic heterocycles. The van der Waals surface area contributed by atoms with Crippen molar-refractivity contribution in [3.8, 4) is 0 Å². The Labute approximate surface area is 115 Å². The molecular formula is C14H22N2O2S. The Bertz CT molecular complexity index is 519. The minimum Gasteiger partial charge on any atom is -0.384 e. The van der Waals surface area contributed by atoms with Crippen LogP contribution >= 0.6 is 0 Å². The van der Waals surface area contributed by atoms with E-state index in [1.54, 1.807) is 12.1 Å². The highest BCUT2D eigenvalue weighted by molar-refractivity contribution is 7.91. The lowest BCUT2D eigenvalue weighted by atomic mass is 10.1. The highest BCUT2D eigenvalue weighted by atomic mass is 32.2. The molecule has 0 aromatic heterocycles. The van der Waals surface area contributed by atoms with Crippen molar-refractivity contribution in [1.82, 2.24) is 0 Å². The van der Waals surface area contributed by atoms with Crippen molar-refractivity contribution in [1.29, 1.82) is 0 Å². The minimum atomic E-state index is -3.11. The van der Waals surface area contributed by atoms with Crippen LogP contribution in [-0.4, -0.2) is 27.3 Å². The van der Waals surface area contributed by atoms with Crippen LogP contribution < -0.4 is 11.1 Å². The number of hydrogen-bond acceptors (Lipinski definition) is 4. The van der Waals surface area contributed by atoms with Crippen molar-refractivity contribution in [2.75, 3.05) is 24.2 Å². The zero-order valence-corrected chi connectivity index (χ0v) is 12.2. The van der Waals surface area contributed by atoms with E-state index in [2.05, 4.69) is 5.32 Å². The van der Waals surface area contributed by atoms with Crippen molar-refractivity contribution in [2.24, 2.45) is 11.1 Å². The van der Waals surface area contributed by atoms with Gasteiger partial charge in [-0.25, -0.2) is 8.42 Å². The van der Waals surface area contributed by atoms with Crippen molar-refractivity contribution in [3.63, 3.8) is 0 Å². The number of nitrogens with one attached hydrogen (secondary N) is 1. The Morgan fingerprint density at radius 1 is 1.26 bits per heavy atom. The van der Waals surface area contributed by atoms with Gasteiger partial charge in [-0.15, -0.1) is 0 Å². The summed E-state index contributed by atoms with van der Waals surface area (Å²) in [5, 5.41) is 3.33. The Morgan fingerprint density at radius 2 is 1.89 bits per heavy atom. The van der Waals surface area contributed by atoms with Gasteiger partial charge in [0.05, 0.1) is 10.6 Å². The summed E-state index contributed by atoms with van der Waals surface area (Å²) < 4.78 is 23.8. The van der Waals surface area contributed by atoms with Gasteiger partial charge in [-0.3, -0.25) is 0 Å². The van der Waals surface area contributed by atoms with Crippen molar-refractivity contribution >= 4 is 15.5 Å². The average Bonchev–Trinajstić information content (AvgIpc) is 3.17. The Hall–Kier alpha value is -1.07. The van der Waals surface area contributed by atoms with Gasteiger partial charge in [0.15, 0.2) is 9.84 Å². The van der Waals surface area contributed by atoms with Gasteiger partial charge in [0.25, 0.3) is 0 Å². The van der Waals surface area contributed by atoms with Crippen LogP contribution in [0.5, 0.6) is 0 Å². The summed E-state index contributed by atoms with van der Waals surface area (Å²) in [7, 11) is -3.11. The predicted molar refractivity (Wildman–Crippen MR) is 78.0 cm³/mol. The van der Waals surface area contributed by atoms with E-state index in [-0.39, 0.29) is 11.2 Å². The molecule has 0 unspecified atom stereocenters. The van der Waals surface area contributed by atoms with Crippen LogP contribution in [0.25, 0.3) is 0 Å². The molecule has 2 rings (SSSR count). The molecule has 1 aliphatic rings. The first-order valence-electron chi connectivity index (χ1n) is 6.78. The maximum Gasteiger partial charge on any atom is 0.178 e. The van der Waals surface area contributed by atoms with Gasteiger partial charge in [0, 0.05) is 12.2 Å². The number of anilines is 1. The second kappa shape index (κ2) is 5.51. The highest BCUT2D eigenvalue weighted by Crippen LogP contribution is 2.44. The van der Waals surface area contributed by atoms with Gasteiger partial charge in [0.2, 0.25) is 0 Å². The monoisotopic (exact) mass is 282 g/mol. The molecule has 0 heterocycles. The largest absolute Gasteiger partial charge is 0.384 e. The van der Waals surface area contributed by atoms with Gasteiger partial charge in [-0.1, -0.05) is 6.92 Å². The predicted octanol–water partition coefficient (Wildman–Crippen LogP) is 2.02. The van der Waals surface area contributed by atoms with Crippen LogP contribution in [0.2, 0.25) is 0 Å². The third-order valence-electron chi connectivity index (χ3n) is 3.74.